The highest BCUT2D eigenvalue weighted by atomic mass is 16.5. The molecule has 0 amide bonds. The predicted molar refractivity (Wildman–Crippen MR) is 71.6 cm³/mol. The number of benzene rings is 2. The monoisotopic (exact) mass is 238 g/mol. The summed E-state index contributed by atoms with van der Waals surface area (Å²) in [6, 6.07) is 14.3. The third kappa shape index (κ3) is 2.07. The summed E-state index contributed by atoms with van der Waals surface area (Å²) in [5.41, 5.74) is 3.34. The van der Waals surface area contributed by atoms with E-state index in [2.05, 4.69) is 35.3 Å². The van der Waals surface area contributed by atoms with E-state index < -0.39 is 0 Å². The second-order valence-electron chi connectivity index (χ2n) is 4.37. The van der Waals surface area contributed by atoms with Gasteiger partial charge in [-0.25, -0.2) is 0 Å². The molecular formula is C15H14N2O. The molecule has 0 bridgehead atoms. The van der Waals surface area contributed by atoms with Gasteiger partial charge < -0.3 is 4.74 Å². The van der Waals surface area contributed by atoms with Crippen LogP contribution in [0.4, 0.5) is 0 Å². The maximum Gasteiger partial charge on any atom is 0.131 e. The summed E-state index contributed by atoms with van der Waals surface area (Å²) in [6.07, 6.45) is 1.80. The summed E-state index contributed by atoms with van der Waals surface area (Å²) in [7, 11) is 0. The standard InChI is InChI=1S/C15H14N2O/c1-11-7-14-13(9-16-17-14)15(8-11)18-10-12-5-3-2-4-6-12/h2-9H,10H2,1H3,(H,16,17). The summed E-state index contributed by atoms with van der Waals surface area (Å²) >= 11 is 0. The van der Waals surface area contributed by atoms with Crippen molar-refractivity contribution < 1.29 is 4.74 Å². The molecule has 18 heavy (non-hydrogen) atoms. The SMILES string of the molecule is Cc1cc(OCc2ccccc2)c2cn[nH]c2c1. The van der Waals surface area contributed by atoms with Crippen molar-refractivity contribution in [2.45, 2.75) is 13.5 Å². The van der Waals surface area contributed by atoms with Crippen molar-refractivity contribution in [2.24, 2.45) is 0 Å². The third-order valence-electron chi connectivity index (χ3n) is 2.90. The molecule has 1 aromatic heterocycles. The van der Waals surface area contributed by atoms with Crippen molar-refractivity contribution in [2.75, 3.05) is 0 Å². The van der Waals surface area contributed by atoms with Gasteiger partial charge >= 0.3 is 0 Å². The number of nitrogens with one attached hydrogen (secondary N) is 1. The maximum absolute atomic E-state index is 5.88. The van der Waals surface area contributed by atoms with E-state index in [0.29, 0.717) is 6.61 Å². The first-order valence-corrected chi connectivity index (χ1v) is 5.93. The zero-order chi connectivity index (χ0) is 12.4. The quantitative estimate of drug-likeness (QED) is 0.759. The number of rotatable bonds is 3. The third-order valence-corrected chi connectivity index (χ3v) is 2.90. The summed E-state index contributed by atoms with van der Waals surface area (Å²) in [5.74, 6) is 0.877. The van der Waals surface area contributed by atoms with Gasteiger partial charge in [0.15, 0.2) is 0 Å². The average Bonchev–Trinajstić information content (AvgIpc) is 2.85. The van der Waals surface area contributed by atoms with E-state index in [9.17, 15) is 0 Å². The molecule has 0 saturated heterocycles. The Labute approximate surface area is 105 Å². The van der Waals surface area contributed by atoms with Crippen LogP contribution in [-0.2, 0) is 6.61 Å². The molecule has 0 aliphatic heterocycles. The molecule has 1 N–H and O–H groups in total. The van der Waals surface area contributed by atoms with E-state index in [1.165, 1.54) is 0 Å². The van der Waals surface area contributed by atoms with E-state index in [-0.39, 0.29) is 0 Å². The Balaban J connectivity index is 1.88. The van der Waals surface area contributed by atoms with Gasteiger partial charge in [-0.15, -0.1) is 0 Å². The average molecular weight is 238 g/mol. The number of aromatic amines is 1. The Morgan fingerprint density at radius 3 is 2.83 bits per heavy atom. The van der Waals surface area contributed by atoms with E-state index in [0.717, 1.165) is 27.8 Å². The molecule has 0 atom stereocenters. The topological polar surface area (TPSA) is 37.9 Å². The zero-order valence-corrected chi connectivity index (χ0v) is 10.2. The second-order valence-corrected chi connectivity index (χ2v) is 4.37. The maximum atomic E-state index is 5.88. The lowest BCUT2D eigenvalue weighted by Crippen LogP contribution is -1.95. The Kier molecular flexibility index (Phi) is 2.73. The first-order chi connectivity index (χ1) is 8.83. The predicted octanol–water partition coefficient (Wildman–Crippen LogP) is 3.45. The van der Waals surface area contributed by atoms with Gasteiger partial charge in [-0.05, 0) is 30.2 Å². The fourth-order valence-corrected chi connectivity index (χ4v) is 2.01. The number of nitrogens with zero attached hydrogens (tertiary/aromatic N) is 1. The Bertz CT molecular complexity index is 659. The summed E-state index contributed by atoms with van der Waals surface area (Å²) in [5, 5.41) is 8.05. The Morgan fingerprint density at radius 2 is 2.00 bits per heavy atom. The molecule has 3 aromatic rings. The van der Waals surface area contributed by atoms with Crippen molar-refractivity contribution in [1.29, 1.82) is 0 Å². The van der Waals surface area contributed by atoms with Gasteiger partial charge in [0.1, 0.15) is 12.4 Å². The molecule has 2 aromatic carbocycles. The van der Waals surface area contributed by atoms with E-state index in [1.807, 2.05) is 24.3 Å². The molecule has 0 spiro atoms. The lowest BCUT2D eigenvalue weighted by atomic mass is 10.1. The molecule has 0 saturated carbocycles. The van der Waals surface area contributed by atoms with Gasteiger partial charge in [0.25, 0.3) is 0 Å². The van der Waals surface area contributed by atoms with E-state index in [1.54, 1.807) is 6.20 Å². The highest BCUT2D eigenvalue weighted by Crippen LogP contribution is 2.26. The van der Waals surface area contributed by atoms with Crippen LogP contribution in [-0.4, -0.2) is 10.2 Å². The van der Waals surface area contributed by atoms with Gasteiger partial charge in [-0.1, -0.05) is 30.3 Å². The molecule has 3 heteroatoms. The van der Waals surface area contributed by atoms with Crippen LogP contribution in [0, 0.1) is 6.92 Å². The molecular weight excluding hydrogens is 224 g/mol. The van der Waals surface area contributed by atoms with Crippen LogP contribution in [0.25, 0.3) is 10.9 Å². The van der Waals surface area contributed by atoms with Crippen LogP contribution in [0.15, 0.2) is 48.7 Å². The van der Waals surface area contributed by atoms with Crippen LogP contribution in [0.5, 0.6) is 5.75 Å². The Morgan fingerprint density at radius 1 is 1.17 bits per heavy atom. The van der Waals surface area contributed by atoms with Crippen molar-refractivity contribution in [3.05, 3.63) is 59.8 Å². The summed E-state index contributed by atoms with van der Waals surface area (Å²) in [4.78, 5) is 0. The zero-order valence-electron chi connectivity index (χ0n) is 10.2. The molecule has 0 radical (unpaired) electrons. The number of hydrogen-bond acceptors (Lipinski definition) is 2. The first kappa shape index (κ1) is 10.8. The van der Waals surface area contributed by atoms with E-state index >= 15 is 0 Å². The molecule has 0 unspecified atom stereocenters. The summed E-state index contributed by atoms with van der Waals surface area (Å²) in [6.45, 7) is 2.63. The fraction of sp³-hybridized carbons (Fsp3) is 0.133. The number of aryl methyl sites for hydroxylation is 1. The second kappa shape index (κ2) is 4.53. The van der Waals surface area contributed by atoms with Gasteiger partial charge in [-0.3, -0.25) is 5.10 Å². The van der Waals surface area contributed by atoms with Crippen molar-refractivity contribution in [3.8, 4) is 5.75 Å². The van der Waals surface area contributed by atoms with Crippen molar-refractivity contribution in [3.63, 3.8) is 0 Å². The molecule has 0 aliphatic rings. The van der Waals surface area contributed by atoms with Crippen LogP contribution >= 0.6 is 0 Å². The number of ether oxygens (including phenoxy) is 1. The number of fused-ring (bicyclic) bond motifs is 1. The highest BCUT2D eigenvalue weighted by molar-refractivity contribution is 5.85. The lowest BCUT2D eigenvalue weighted by Gasteiger charge is -2.08. The van der Waals surface area contributed by atoms with Crippen LogP contribution in [0.1, 0.15) is 11.1 Å². The van der Waals surface area contributed by atoms with Gasteiger partial charge in [0, 0.05) is 0 Å². The van der Waals surface area contributed by atoms with Crippen LogP contribution < -0.4 is 4.74 Å². The van der Waals surface area contributed by atoms with E-state index in [4.69, 9.17) is 4.74 Å². The molecule has 3 rings (SSSR count). The summed E-state index contributed by atoms with van der Waals surface area (Å²) < 4.78 is 5.88. The van der Waals surface area contributed by atoms with Crippen LogP contribution in [0.3, 0.4) is 0 Å². The largest absolute Gasteiger partial charge is 0.488 e. The minimum atomic E-state index is 0.574. The highest BCUT2D eigenvalue weighted by Gasteiger charge is 2.05. The smallest absolute Gasteiger partial charge is 0.131 e. The molecule has 0 aliphatic carbocycles. The van der Waals surface area contributed by atoms with Gasteiger partial charge in [0.05, 0.1) is 17.1 Å². The minimum absolute atomic E-state index is 0.574. The molecule has 3 nitrogen and oxygen atoms in total. The van der Waals surface area contributed by atoms with Crippen molar-refractivity contribution >= 4 is 10.9 Å². The van der Waals surface area contributed by atoms with Crippen molar-refractivity contribution in [1.82, 2.24) is 10.2 Å². The lowest BCUT2D eigenvalue weighted by molar-refractivity contribution is 0.310. The van der Waals surface area contributed by atoms with Crippen LogP contribution in [0.2, 0.25) is 0 Å². The molecule has 1 heterocycles. The van der Waals surface area contributed by atoms with Gasteiger partial charge in [0.2, 0.25) is 0 Å². The first-order valence-electron chi connectivity index (χ1n) is 5.93. The molecule has 90 valence electrons. The number of aromatic nitrogens is 2. The normalized spacial score (nSPS) is 10.7. The Hall–Kier alpha value is -2.29. The minimum Gasteiger partial charge on any atom is -0.488 e. The number of H-pyrrole nitrogens is 1. The molecule has 0 fully saturated rings. The number of hydrogen-bond donors (Lipinski definition) is 1. The fourth-order valence-electron chi connectivity index (χ4n) is 2.01. The van der Waals surface area contributed by atoms with Gasteiger partial charge in [-0.2, -0.15) is 5.10 Å².